The summed E-state index contributed by atoms with van der Waals surface area (Å²) in [5.41, 5.74) is 0.655. The molecule has 0 bridgehead atoms. The molecule has 2 rings (SSSR count). The van der Waals surface area contributed by atoms with Crippen molar-refractivity contribution in [2.75, 3.05) is 26.2 Å². The van der Waals surface area contributed by atoms with Gasteiger partial charge in [-0.05, 0) is 19.8 Å². The first-order valence-electron chi connectivity index (χ1n) is 8.64. The van der Waals surface area contributed by atoms with Crippen molar-refractivity contribution in [3.8, 4) is 0 Å². The van der Waals surface area contributed by atoms with E-state index in [1.165, 1.54) is 6.07 Å². The van der Waals surface area contributed by atoms with Gasteiger partial charge < -0.3 is 15.5 Å². The van der Waals surface area contributed by atoms with Gasteiger partial charge in [0.15, 0.2) is 5.96 Å². The highest BCUT2D eigenvalue weighted by Gasteiger charge is 2.19. The average molecular weight is 347 g/mol. The van der Waals surface area contributed by atoms with E-state index in [1.54, 1.807) is 18.2 Å². The van der Waals surface area contributed by atoms with Crippen molar-refractivity contribution in [3.05, 3.63) is 39.9 Å². The Bertz CT molecular complexity index is 632. The molecule has 0 aromatic heterocycles. The van der Waals surface area contributed by atoms with Crippen molar-refractivity contribution in [1.82, 2.24) is 15.5 Å². The van der Waals surface area contributed by atoms with Crippen LogP contribution in [0.3, 0.4) is 0 Å². The summed E-state index contributed by atoms with van der Waals surface area (Å²) in [5, 5.41) is 17.4. The van der Waals surface area contributed by atoms with Gasteiger partial charge in [0.1, 0.15) is 0 Å². The van der Waals surface area contributed by atoms with Gasteiger partial charge in [-0.2, -0.15) is 0 Å². The van der Waals surface area contributed by atoms with Crippen LogP contribution in [-0.4, -0.2) is 47.9 Å². The minimum atomic E-state index is -0.391. The van der Waals surface area contributed by atoms with Crippen molar-refractivity contribution in [2.45, 2.75) is 32.7 Å². The zero-order chi connectivity index (χ0) is 18.1. The summed E-state index contributed by atoms with van der Waals surface area (Å²) < 4.78 is 0. The second-order valence-electron chi connectivity index (χ2n) is 5.85. The maximum atomic E-state index is 11.6. The number of amides is 1. The SMILES string of the molecule is CCNC(=NCc1ccccc1[N+](=O)[O-])NCCCN1CCCC1=O. The molecule has 1 saturated heterocycles. The molecule has 1 amide bonds. The van der Waals surface area contributed by atoms with Gasteiger partial charge in [-0.15, -0.1) is 0 Å². The van der Waals surface area contributed by atoms with E-state index in [0.717, 1.165) is 25.9 Å². The third-order valence-corrected chi connectivity index (χ3v) is 4.01. The zero-order valence-corrected chi connectivity index (χ0v) is 14.5. The first kappa shape index (κ1) is 18.7. The fraction of sp³-hybridized carbons (Fsp3) is 0.529. The topological polar surface area (TPSA) is 99.9 Å². The van der Waals surface area contributed by atoms with E-state index >= 15 is 0 Å². The van der Waals surface area contributed by atoms with E-state index in [4.69, 9.17) is 0 Å². The Morgan fingerprint density at radius 1 is 1.36 bits per heavy atom. The number of hydrogen-bond donors (Lipinski definition) is 2. The van der Waals surface area contributed by atoms with Gasteiger partial charge in [-0.25, -0.2) is 4.99 Å². The second kappa shape index (κ2) is 9.61. The number of aliphatic imine (C=N–C) groups is 1. The lowest BCUT2D eigenvalue weighted by molar-refractivity contribution is -0.385. The summed E-state index contributed by atoms with van der Waals surface area (Å²) >= 11 is 0. The van der Waals surface area contributed by atoms with E-state index in [1.807, 2.05) is 11.8 Å². The number of para-hydroxylation sites is 1. The van der Waals surface area contributed by atoms with Crippen LogP contribution >= 0.6 is 0 Å². The maximum Gasteiger partial charge on any atom is 0.274 e. The number of nitro benzene ring substituents is 1. The van der Waals surface area contributed by atoms with Gasteiger partial charge in [-0.1, -0.05) is 18.2 Å². The third kappa shape index (κ3) is 5.74. The first-order chi connectivity index (χ1) is 12.1. The molecule has 1 aliphatic rings. The summed E-state index contributed by atoms with van der Waals surface area (Å²) in [6, 6.07) is 6.61. The number of guanidine groups is 1. The number of hydrogen-bond acceptors (Lipinski definition) is 4. The van der Waals surface area contributed by atoms with Crippen LogP contribution in [0.5, 0.6) is 0 Å². The molecule has 0 atom stereocenters. The second-order valence-corrected chi connectivity index (χ2v) is 5.85. The molecule has 8 heteroatoms. The number of nitro groups is 1. The zero-order valence-electron chi connectivity index (χ0n) is 14.5. The number of carbonyl (C=O) groups is 1. The Labute approximate surface area is 147 Å². The quantitative estimate of drug-likeness (QED) is 0.245. The lowest BCUT2D eigenvalue weighted by atomic mass is 10.2. The highest BCUT2D eigenvalue weighted by molar-refractivity contribution is 5.80. The molecule has 1 aromatic rings. The Hall–Kier alpha value is -2.64. The van der Waals surface area contributed by atoms with E-state index < -0.39 is 4.92 Å². The third-order valence-electron chi connectivity index (χ3n) is 4.01. The fourth-order valence-electron chi connectivity index (χ4n) is 2.75. The average Bonchev–Trinajstić information content (AvgIpc) is 3.01. The van der Waals surface area contributed by atoms with Crippen molar-refractivity contribution in [3.63, 3.8) is 0 Å². The van der Waals surface area contributed by atoms with Crippen LogP contribution in [0.1, 0.15) is 31.7 Å². The monoisotopic (exact) mass is 347 g/mol. The van der Waals surface area contributed by atoms with Gasteiger partial charge in [-0.3, -0.25) is 14.9 Å². The van der Waals surface area contributed by atoms with E-state index in [0.29, 0.717) is 31.0 Å². The normalized spacial score (nSPS) is 14.7. The minimum Gasteiger partial charge on any atom is -0.357 e. The molecule has 0 radical (unpaired) electrons. The highest BCUT2D eigenvalue weighted by Crippen LogP contribution is 2.18. The molecular formula is C17H25N5O3. The molecule has 136 valence electrons. The molecule has 1 aromatic carbocycles. The van der Waals surface area contributed by atoms with E-state index in [9.17, 15) is 14.9 Å². The number of nitrogens with zero attached hydrogens (tertiary/aromatic N) is 3. The van der Waals surface area contributed by atoms with Crippen LogP contribution in [0.2, 0.25) is 0 Å². The van der Waals surface area contributed by atoms with Crippen LogP contribution in [0, 0.1) is 10.1 Å². The molecule has 1 fully saturated rings. The van der Waals surface area contributed by atoms with Gasteiger partial charge in [0.05, 0.1) is 17.0 Å². The number of benzene rings is 1. The lowest BCUT2D eigenvalue weighted by Crippen LogP contribution is -2.39. The summed E-state index contributed by atoms with van der Waals surface area (Å²) in [6.45, 7) is 5.18. The summed E-state index contributed by atoms with van der Waals surface area (Å²) in [4.78, 5) is 28.5. The Morgan fingerprint density at radius 3 is 2.84 bits per heavy atom. The molecule has 25 heavy (non-hydrogen) atoms. The Kier molecular flexibility index (Phi) is 7.18. The molecular weight excluding hydrogens is 322 g/mol. The smallest absolute Gasteiger partial charge is 0.274 e. The lowest BCUT2D eigenvalue weighted by Gasteiger charge is -2.16. The number of carbonyl (C=O) groups excluding carboxylic acids is 1. The maximum absolute atomic E-state index is 11.6. The number of nitrogens with one attached hydrogen (secondary N) is 2. The molecule has 0 aliphatic carbocycles. The number of rotatable bonds is 8. The molecule has 0 unspecified atom stereocenters. The predicted molar refractivity (Wildman–Crippen MR) is 96.3 cm³/mol. The van der Waals surface area contributed by atoms with Crippen molar-refractivity contribution in [1.29, 1.82) is 0 Å². The summed E-state index contributed by atoms with van der Waals surface area (Å²) in [5.74, 6) is 0.852. The van der Waals surface area contributed by atoms with Gasteiger partial charge in [0, 0.05) is 38.7 Å². The fourth-order valence-corrected chi connectivity index (χ4v) is 2.75. The van der Waals surface area contributed by atoms with E-state index in [2.05, 4.69) is 15.6 Å². The largest absolute Gasteiger partial charge is 0.357 e. The Morgan fingerprint density at radius 2 is 2.16 bits per heavy atom. The van der Waals surface area contributed by atoms with Crippen molar-refractivity contribution < 1.29 is 9.72 Å². The number of likely N-dealkylation sites (tertiary alicyclic amines) is 1. The van der Waals surface area contributed by atoms with Crippen LogP contribution in [0.4, 0.5) is 5.69 Å². The predicted octanol–water partition coefficient (Wildman–Crippen LogP) is 1.66. The van der Waals surface area contributed by atoms with Gasteiger partial charge in [0.25, 0.3) is 5.69 Å². The van der Waals surface area contributed by atoms with Crippen molar-refractivity contribution in [2.24, 2.45) is 4.99 Å². The van der Waals surface area contributed by atoms with Crippen molar-refractivity contribution >= 4 is 17.6 Å². The van der Waals surface area contributed by atoms with Crippen LogP contribution in [-0.2, 0) is 11.3 Å². The standard InChI is InChI=1S/C17H25N5O3/c1-2-18-17(19-10-6-12-21-11-5-9-16(21)23)20-13-14-7-3-4-8-15(14)22(24)25/h3-4,7-8H,2,5-6,9-13H2,1H3,(H2,18,19,20). The molecule has 0 spiro atoms. The summed E-state index contributed by atoms with van der Waals surface area (Å²) in [7, 11) is 0. The molecule has 2 N–H and O–H groups in total. The first-order valence-corrected chi connectivity index (χ1v) is 8.64. The van der Waals surface area contributed by atoms with Crippen LogP contribution in [0.15, 0.2) is 29.3 Å². The van der Waals surface area contributed by atoms with Gasteiger partial charge >= 0.3 is 0 Å². The molecule has 1 heterocycles. The molecule has 0 saturated carbocycles. The highest BCUT2D eigenvalue weighted by atomic mass is 16.6. The minimum absolute atomic E-state index is 0.0784. The molecule has 1 aliphatic heterocycles. The van der Waals surface area contributed by atoms with Crippen LogP contribution in [0.25, 0.3) is 0 Å². The van der Waals surface area contributed by atoms with Crippen LogP contribution < -0.4 is 10.6 Å². The van der Waals surface area contributed by atoms with E-state index in [-0.39, 0.29) is 18.1 Å². The summed E-state index contributed by atoms with van der Waals surface area (Å²) in [6.07, 6.45) is 2.45. The van der Waals surface area contributed by atoms with Gasteiger partial charge in [0.2, 0.25) is 5.91 Å². The molecule has 8 nitrogen and oxygen atoms in total. The Balaban J connectivity index is 1.85.